The Morgan fingerprint density at radius 3 is 2.30 bits per heavy atom. The average Bonchev–Trinajstić information content (AvgIpc) is 2.38. The van der Waals surface area contributed by atoms with Crippen LogP contribution in [0.1, 0.15) is 32.8 Å². The highest BCUT2D eigenvalue weighted by Gasteiger charge is 2.20. The lowest BCUT2D eigenvalue weighted by Crippen LogP contribution is -2.43. The molecule has 0 heterocycles. The van der Waals surface area contributed by atoms with Crippen molar-refractivity contribution in [3.05, 3.63) is 29.8 Å². The number of aliphatic carboxylic acids is 1. The first kappa shape index (κ1) is 16.5. The van der Waals surface area contributed by atoms with Crippen molar-refractivity contribution in [2.45, 2.75) is 45.7 Å². The number of hydrogen-bond acceptors (Lipinski definition) is 3. The maximum atomic E-state index is 11.2. The molecule has 0 fully saturated rings. The van der Waals surface area contributed by atoms with Crippen LogP contribution in [-0.2, 0) is 11.2 Å². The summed E-state index contributed by atoms with van der Waals surface area (Å²) in [6.07, 6.45) is 1.44. The second-order valence-electron chi connectivity index (χ2n) is 5.64. The molecular weight excluding hydrogens is 254 g/mol. The number of benzene rings is 1. The van der Waals surface area contributed by atoms with E-state index in [0.29, 0.717) is 12.3 Å². The van der Waals surface area contributed by atoms with Crippen LogP contribution in [0, 0.1) is 5.92 Å². The van der Waals surface area contributed by atoms with E-state index in [0.717, 1.165) is 12.2 Å². The number of carboxylic acids is 1. The molecule has 0 saturated carbocycles. The van der Waals surface area contributed by atoms with Crippen molar-refractivity contribution in [1.82, 2.24) is 5.32 Å². The molecule has 0 aliphatic heterocycles. The van der Waals surface area contributed by atoms with Gasteiger partial charge in [0.05, 0.1) is 7.11 Å². The first-order valence-electron chi connectivity index (χ1n) is 7.04. The molecule has 0 amide bonds. The summed E-state index contributed by atoms with van der Waals surface area (Å²) in [7, 11) is 1.64. The van der Waals surface area contributed by atoms with Crippen molar-refractivity contribution < 1.29 is 14.6 Å². The minimum Gasteiger partial charge on any atom is -0.497 e. The first-order chi connectivity index (χ1) is 9.42. The van der Waals surface area contributed by atoms with Crippen LogP contribution < -0.4 is 10.1 Å². The monoisotopic (exact) mass is 279 g/mol. The smallest absolute Gasteiger partial charge is 0.320 e. The SMILES string of the molecule is COc1ccc(CC(C)NC(CC(C)C)C(=O)O)cc1. The Labute approximate surface area is 121 Å². The zero-order valence-corrected chi connectivity index (χ0v) is 12.7. The van der Waals surface area contributed by atoms with Crippen LogP contribution in [0.5, 0.6) is 5.75 Å². The molecule has 4 heteroatoms. The zero-order chi connectivity index (χ0) is 15.1. The molecule has 2 N–H and O–H groups in total. The number of carbonyl (C=O) groups is 1. The third-order valence-electron chi connectivity index (χ3n) is 3.19. The van der Waals surface area contributed by atoms with Crippen molar-refractivity contribution in [2.24, 2.45) is 5.92 Å². The molecule has 4 nitrogen and oxygen atoms in total. The van der Waals surface area contributed by atoms with Crippen molar-refractivity contribution in [3.63, 3.8) is 0 Å². The minimum absolute atomic E-state index is 0.114. The summed E-state index contributed by atoms with van der Waals surface area (Å²) in [5, 5.41) is 12.4. The lowest BCUT2D eigenvalue weighted by molar-refractivity contribution is -0.140. The van der Waals surface area contributed by atoms with E-state index in [1.807, 2.05) is 45.0 Å². The van der Waals surface area contributed by atoms with Gasteiger partial charge in [-0.15, -0.1) is 0 Å². The summed E-state index contributed by atoms with van der Waals surface area (Å²) in [6, 6.07) is 7.49. The van der Waals surface area contributed by atoms with E-state index < -0.39 is 12.0 Å². The molecule has 0 radical (unpaired) electrons. The van der Waals surface area contributed by atoms with E-state index in [2.05, 4.69) is 5.32 Å². The third kappa shape index (κ3) is 5.61. The summed E-state index contributed by atoms with van der Waals surface area (Å²) in [5.74, 6) is 0.412. The molecular formula is C16H25NO3. The second kappa shape index (κ2) is 7.90. The molecule has 0 spiro atoms. The molecule has 1 aromatic rings. The maximum Gasteiger partial charge on any atom is 0.320 e. The van der Waals surface area contributed by atoms with Crippen LogP contribution in [0.25, 0.3) is 0 Å². The van der Waals surface area contributed by atoms with Crippen LogP contribution in [0.2, 0.25) is 0 Å². The largest absolute Gasteiger partial charge is 0.497 e. The van der Waals surface area contributed by atoms with Crippen LogP contribution in [0.4, 0.5) is 0 Å². The van der Waals surface area contributed by atoms with Gasteiger partial charge in [0.15, 0.2) is 0 Å². The summed E-state index contributed by atoms with van der Waals surface area (Å²) < 4.78 is 5.12. The van der Waals surface area contributed by atoms with Gasteiger partial charge in [-0.25, -0.2) is 0 Å². The van der Waals surface area contributed by atoms with Gasteiger partial charge in [0.1, 0.15) is 11.8 Å². The van der Waals surface area contributed by atoms with Crippen LogP contribution in [0.15, 0.2) is 24.3 Å². The zero-order valence-electron chi connectivity index (χ0n) is 12.7. The molecule has 1 aromatic carbocycles. The second-order valence-corrected chi connectivity index (χ2v) is 5.64. The average molecular weight is 279 g/mol. The quantitative estimate of drug-likeness (QED) is 0.768. The number of carboxylic acid groups (broad SMARTS) is 1. The number of ether oxygens (including phenoxy) is 1. The van der Waals surface area contributed by atoms with Gasteiger partial charge in [-0.2, -0.15) is 0 Å². The fraction of sp³-hybridized carbons (Fsp3) is 0.562. The van der Waals surface area contributed by atoms with Crippen molar-refractivity contribution in [2.75, 3.05) is 7.11 Å². The molecule has 0 aliphatic rings. The Morgan fingerprint density at radius 2 is 1.85 bits per heavy atom. The molecule has 0 bridgehead atoms. The highest BCUT2D eigenvalue weighted by molar-refractivity contribution is 5.73. The molecule has 2 unspecified atom stereocenters. The predicted octanol–water partition coefficient (Wildman–Crippen LogP) is 2.72. The van der Waals surface area contributed by atoms with Gasteiger partial charge in [-0.3, -0.25) is 4.79 Å². The van der Waals surface area contributed by atoms with Crippen molar-refractivity contribution >= 4 is 5.97 Å². The van der Waals surface area contributed by atoms with Crippen molar-refractivity contribution in [3.8, 4) is 5.75 Å². The Balaban J connectivity index is 2.55. The van der Waals surface area contributed by atoms with Gasteiger partial charge >= 0.3 is 5.97 Å². The minimum atomic E-state index is -0.778. The van der Waals surface area contributed by atoms with Gasteiger partial charge < -0.3 is 15.2 Å². The Bertz CT molecular complexity index is 414. The fourth-order valence-corrected chi connectivity index (χ4v) is 2.23. The van der Waals surface area contributed by atoms with E-state index in [-0.39, 0.29) is 6.04 Å². The van der Waals surface area contributed by atoms with Gasteiger partial charge in [0.2, 0.25) is 0 Å². The van der Waals surface area contributed by atoms with Gasteiger partial charge in [-0.05, 0) is 43.4 Å². The van der Waals surface area contributed by atoms with Crippen LogP contribution in [-0.4, -0.2) is 30.3 Å². The predicted molar refractivity (Wildman–Crippen MR) is 80.2 cm³/mol. The van der Waals surface area contributed by atoms with E-state index in [9.17, 15) is 9.90 Å². The normalized spacial score (nSPS) is 14.1. The van der Waals surface area contributed by atoms with E-state index >= 15 is 0 Å². The lowest BCUT2D eigenvalue weighted by Gasteiger charge is -2.21. The third-order valence-corrected chi connectivity index (χ3v) is 3.19. The Hall–Kier alpha value is -1.55. The highest BCUT2D eigenvalue weighted by atomic mass is 16.5. The summed E-state index contributed by atoms with van der Waals surface area (Å²) >= 11 is 0. The summed E-state index contributed by atoms with van der Waals surface area (Å²) in [6.45, 7) is 6.08. The molecule has 2 atom stereocenters. The Kier molecular flexibility index (Phi) is 6.52. The van der Waals surface area contributed by atoms with Crippen LogP contribution >= 0.6 is 0 Å². The van der Waals surface area contributed by atoms with E-state index in [1.54, 1.807) is 7.11 Å². The molecule has 20 heavy (non-hydrogen) atoms. The lowest BCUT2D eigenvalue weighted by atomic mass is 10.0. The number of rotatable bonds is 8. The van der Waals surface area contributed by atoms with Gasteiger partial charge in [0, 0.05) is 6.04 Å². The molecule has 0 aliphatic carbocycles. The van der Waals surface area contributed by atoms with E-state index in [4.69, 9.17) is 4.74 Å². The fourth-order valence-electron chi connectivity index (χ4n) is 2.23. The number of nitrogens with one attached hydrogen (secondary N) is 1. The number of hydrogen-bond donors (Lipinski definition) is 2. The van der Waals surface area contributed by atoms with Crippen molar-refractivity contribution in [1.29, 1.82) is 0 Å². The maximum absolute atomic E-state index is 11.2. The standard InChI is InChI=1S/C16H25NO3/c1-11(2)9-15(16(18)19)17-12(3)10-13-5-7-14(20-4)8-6-13/h5-8,11-12,15,17H,9-10H2,1-4H3,(H,18,19). The first-order valence-corrected chi connectivity index (χ1v) is 7.04. The van der Waals surface area contributed by atoms with E-state index in [1.165, 1.54) is 5.56 Å². The van der Waals surface area contributed by atoms with Gasteiger partial charge in [0.25, 0.3) is 0 Å². The highest BCUT2D eigenvalue weighted by Crippen LogP contribution is 2.13. The number of methoxy groups -OCH3 is 1. The molecule has 112 valence electrons. The summed E-state index contributed by atoms with van der Waals surface area (Å²) in [4.78, 5) is 11.2. The molecule has 0 aromatic heterocycles. The topological polar surface area (TPSA) is 58.6 Å². The molecule has 1 rings (SSSR count). The van der Waals surface area contributed by atoms with Crippen LogP contribution in [0.3, 0.4) is 0 Å². The summed E-state index contributed by atoms with van der Waals surface area (Å²) in [5.41, 5.74) is 1.17. The van der Waals surface area contributed by atoms with Gasteiger partial charge in [-0.1, -0.05) is 26.0 Å². The Morgan fingerprint density at radius 1 is 1.25 bits per heavy atom. The molecule has 0 saturated heterocycles.